The van der Waals surface area contributed by atoms with E-state index in [0.717, 1.165) is 24.0 Å². The highest BCUT2D eigenvalue weighted by molar-refractivity contribution is 5.88. The normalized spacial score (nSPS) is 16.7. The first kappa shape index (κ1) is 13.9. The molecule has 1 fully saturated rings. The van der Waals surface area contributed by atoms with Crippen LogP contribution >= 0.6 is 0 Å². The topological polar surface area (TPSA) is 81.1 Å². The van der Waals surface area contributed by atoms with Gasteiger partial charge in [0.25, 0.3) is 0 Å². The van der Waals surface area contributed by atoms with Crippen molar-refractivity contribution in [2.24, 2.45) is 0 Å². The van der Waals surface area contributed by atoms with Crippen molar-refractivity contribution in [1.82, 2.24) is 9.80 Å². The van der Waals surface area contributed by atoms with Crippen LogP contribution in [0.15, 0.2) is 18.2 Å². The van der Waals surface area contributed by atoms with E-state index in [1.54, 1.807) is 28.0 Å². The van der Waals surface area contributed by atoms with E-state index in [1.807, 2.05) is 0 Å². The van der Waals surface area contributed by atoms with Crippen LogP contribution in [-0.2, 0) is 13.1 Å². The average Bonchev–Trinajstić information content (AvgIpc) is 3.21. The summed E-state index contributed by atoms with van der Waals surface area (Å²) in [5.41, 5.74) is 2.13. The molecular formula is C15H18N2O4. The minimum Gasteiger partial charge on any atom is -0.478 e. The second-order valence-electron chi connectivity index (χ2n) is 5.58. The number of hydrogen-bond donors (Lipinski definition) is 2. The van der Waals surface area contributed by atoms with Gasteiger partial charge in [-0.25, -0.2) is 9.59 Å². The number of rotatable bonds is 4. The highest BCUT2D eigenvalue weighted by atomic mass is 16.4. The number of hydrogen-bond acceptors (Lipinski definition) is 3. The molecule has 21 heavy (non-hydrogen) atoms. The summed E-state index contributed by atoms with van der Waals surface area (Å²) in [5, 5.41) is 18.1. The van der Waals surface area contributed by atoms with E-state index in [9.17, 15) is 9.59 Å². The van der Waals surface area contributed by atoms with E-state index in [4.69, 9.17) is 10.2 Å². The lowest BCUT2D eigenvalue weighted by Gasteiger charge is -2.27. The second kappa shape index (κ2) is 5.37. The maximum Gasteiger partial charge on any atom is 0.335 e. The number of nitrogens with zero attached hydrogens (tertiary/aromatic N) is 2. The zero-order valence-corrected chi connectivity index (χ0v) is 11.7. The van der Waals surface area contributed by atoms with Gasteiger partial charge in [0, 0.05) is 25.7 Å². The Hall–Kier alpha value is -2.08. The van der Waals surface area contributed by atoms with Gasteiger partial charge in [-0.3, -0.25) is 0 Å². The Kier molecular flexibility index (Phi) is 3.55. The van der Waals surface area contributed by atoms with Crippen molar-refractivity contribution < 1.29 is 19.8 Å². The molecule has 112 valence electrons. The highest BCUT2D eigenvalue weighted by Gasteiger charge is 2.36. The van der Waals surface area contributed by atoms with Crippen molar-refractivity contribution in [2.45, 2.75) is 32.0 Å². The van der Waals surface area contributed by atoms with Crippen molar-refractivity contribution >= 4 is 12.0 Å². The maximum atomic E-state index is 12.5. The molecule has 0 radical (unpaired) electrons. The highest BCUT2D eigenvalue weighted by Crippen LogP contribution is 2.30. The molecule has 1 aromatic carbocycles. The van der Waals surface area contributed by atoms with E-state index in [2.05, 4.69) is 0 Å². The van der Waals surface area contributed by atoms with Crippen molar-refractivity contribution in [1.29, 1.82) is 0 Å². The van der Waals surface area contributed by atoms with Gasteiger partial charge in [0.2, 0.25) is 0 Å². The number of urea groups is 1. The number of amides is 2. The largest absolute Gasteiger partial charge is 0.478 e. The van der Waals surface area contributed by atoms with Crippen LogP contribution in [-0.4, -0.2) is 51.2 Å². The zero-order valence-electron chi connectivity index (χ0n) is 11.7. The Morgan fingerprint density at radius 2 is 1.95 bits per heavy atom. The minimum absolute atomic E-state index is 0.0355. The van der Waals surface area contributed by atoms with Crippen LogP contribution in [0.3, 0.4) is 0 Å². The fourth-order valence-electron chi connectivity index (χ4n) is 2.77. The third kappa shape index (κ3) is 2.71. The number of fused-ring (bicyclic) bond motifs is 1. The van der Waals surface area contributed by atoms with Crippen LogP contribution < -0.4 is 0 Å². The maximum absolute atomic E-state index is 12.5. The lowest BCUT2D eigenvalue weighted by atomic mass is 10.1. The van der Waals surface area contributed by atoms with Crippen LogP contribution in [0.4, 0.5) is 4.79 Å². The lowest BCUT2D eigenvalue weighted by molar-refractivity contribution is 0.0696. The molecule has 0 atom stereocenters. The molecular weight excluding hydrogens is 272 g/mol. The molecule has 2 aliphatic rings. The van der Waals surface area contributed by atoms with Gasteiger partial charge in [0.1, 0.15) is 0 Å². The van der Waals surface area contributed by atoms with Gasteiger partial charge in [0.15, 0.2) is 0 Å². The van der Waals surface area contributed by atoms with E-state index in [0.29, 0.717) is 19.6 Å². The van der Waals surface area contributed by atoms with Crippen LogP contribution in [0.2, 0.25) is 0 Å². The molecule has 6 heteroatoms. The molecule has 1 heterocycles. The third-order valence-corrected chi connectivity index (χ3v) is 4.02. The summed E-state index contributed by atoms with van der Waals surface area (Å²) in [5.74, 6) is -0.956. The molecule has 2 N–H and O–H groups in total. The van der Waals surface area contributed by atoms with Crippen LogP contribution in [0.25, 0.3) is 0 Å². The molecule has 6 nitrogen and oxygen atoms in total. The first-order valence-electron chi connectivity index (χ1n) is 7.11. The quantitative estimate of drug-likeness (QED) is 0.875. The predicted molar refractivity (Wildman–Crippen MR) is 74.9 cm³/mol. The van der Waals surface area contributed by atoms with Crippen molar-refractivity contribution in [3.63, 3.8) is 0 Å². The molecule has 0 saturated heterocycles. The lowest BCUT2D eigenvalue weighted by Crippen LogP contribution is -2.43. The molecule has 0 spiro atoms. The first-order valence-corrected chi connectivity index (χ1v) is 7.11. The number of aliphatic hydroxyl groups excluding tert-OH is 1. The molecule has 0 aromatic heterocycles. The molecule has 0 unspecified atom stereocenters. The van der Waals surface area contributed by atoms with Gasteiger partial charge in [0.05, 0.1) is 12.2 Å². The SMILES string of the molecule is O=C(O)c1ccc2c(c1)CN(C(=O)N(CCO)C1CC1)C2. The number of carboxylic acid groups (broad SMARTS) is 1. The van der Waals surface area contributed by atoms with E-state index >= 15 is 0 Å². The van der Waals surface area contributed by atoms with Crippen molar-refractivity contribution in [3.8, 4) is 0 Å². The number of carbonyl (C=O) groups excluding carboxylic acids is 1. The Balaban J connectivity index is 1.74. The number of carbonyl (C=O) groups is 2. The van der Waals surface area contributed by atoms with Gasteiger partial charge >= 0.3 is 12.0 Å². The third-order valence-electron chi connectivity index (χ3n) is 4.02. The Labute approximate surface area is 122 Å². The summed E-state index contributed by atoms with van der Waals surface area (Å²) < 4.78 is 0. The summed E-state index contributed by atoms with van der Waals surface area (Å²) in [6.07, 6.45) is 1.99. The van der Waals surface area contributed by atoms with Crippen molar-refractivity contribution in [2.75, 3.05) is 13.2 Å². The Morgan fingerprint density at radius 1 is 1.24 bits per heavy atom. The monoisotopic (exact) mass is 290 g/mol. The molecule has 1 aliphatic heterocycles. The molecule has 2 amide bonds. The zero-order chi connectivity index (χ0) is 15.0. The van der Waals surface area contributed by atoms with Gasteiger partial charge in [-0.2, -0.15) is 0 Å². The Morgan fingerprint density at radius 3 is 2.57 bits per heavy atom. The standard InChI is InChI=1S/C15H18N2O4/c18-6-5-17(13-3-4-13)15(21)16-8-11-2-1-10(14(19)20)7-12(11)9-16/h1-2,7,13,18H,3-6,8-9H2,(H,19,20). The predicted octanol–water partition coefficient (Wildman–Crippen LogP) is 1.28. The minimum atomic E-state index is -0.956. The molecule has 1 aliphatic carbocycles. The number of aromatic carboxylic acids is 1. The van der Waals surface area contributed by atoms with Crippen LogP contribution in [0, 0.1) is 0 Å². The van der Waals surface area contributed by atoms with E-state index in [-0.39, 0.29) is 24.2 Å². The summed E-state index contributed by atoms with van der Waals surface area (Å²) in [6.45, 7) is 1.26. The van der Waals surface area contributed by atoms with Gasteiger partial charge in [-0.05, 0) is 36.1 Å². The van der Waals surface area contributed by atoms with Crippen LogP contribution in [0.5, 0.6) is 0 Å². The number of carboxylic acids is 1. The number of aliphatic hydroxyl groups is 1. The van der Waals surface area contributed by atoms with Gasteiger partial charge < -0.3 is 20.0 Å². The van der Waals surface area contributed by atoms with E-state index < -0.39 is 5.97 Å². The second-order valence-corrected chi connectivity index (χ2v) is 5.58. The van der Waals surface area contributed by atoms with E-state index in [1.165, 1.54) is 0 Å². The molecule has 1 saturated carbocycles. The Bertz CT molecular complexity index is 583. The average molecular weight is 290 g/mol. The molecule has 0 bridgehead atoms. The summed E-state index contributed by atoms with van der Waals surface area (Å²) in [6, 6.07) is 5.17. The smallest absolute Gasteiger partial charge is 0.335 e. The molecule has 3 rings (SSSR count). The van der Waals surface area contributed by atoms with Crippen molar-refractivity contribution in [3.05, 3.63) is 34.9 Å². The summed E-state index contributed by atoms with van der Waals surface area (Å²) in [7, 11) is 0. The fourth-order valence-corrected chi connectivity index (χ4v) is 2.77. The van der Waals surface area contributed by atoms with Crippen LogP contribution in [0.1, 0.15) is 34.3 Å². The van der Waals surface area contributed by atoms with Gasteiger partial charge in [-0.1, -0.05) is 6.07 Å². The first-order chi connectivity index (χ1) is 10.1. The fraction of sp³-hybridized carbons (Fsp3) is 0.467. The summed E-state index contributed by atoms with van der Waals surface area (Å²) in [4.78, 5) is 27.0. The molecule has 1 aromatic rings. The number of benzene rings is 1. The summed E-state index contributed by atoms with van der Waals surface area (Å²) >= 11 is 0. The van der Waals surface area contributed by atoms with Gasteiger partial charge in [-0.15, -0.1) is 0 Å².